The maximum atomic E-state index is 12.7. The number of methoxy groups -OCH3 is 1. The predicted molar refractivity (Wildman–Crippen MR) is 140 cm³/mol. The summed E-state index contributed by atoms with van der Waals surface area (Å²) in [5.74, 6) is -0.0744. The smallest absolute Gasteiger partial charge is 0.496 e. The molecule has 0 saturated carbocycles. The Morgan fingerprint density at radius 1 is 1.06 bits per heavy atom. The van der Waals surface area contributed by atoms with E-state index < -0.39 is 14.7 Å². The summed E-state index contributed by atoms with van der Waals surface area (Å²) in [7, 11) is -0.479. The lowest BCUT2D eigenvalue weighted by Crippen LogP contribution is -2.42. The molecule has 0 aliphatic rings. The minimum Gasteiger partial charge on any atom is -0.496 e. The summed E-state index contributed by atoms with van der Waals surface area (Å²) in [6.07, 6.45) is -1.75. The standard InChI is InChI=1S/C27H37F3N2O3Si/c1-10-19(16-34-36(8,9)26(4,5)6)32-15-18(3)25-22(32)13-17(2)24(31-25)21-12-11-20(14-23(21)33-7)35-27(28,29)30/h11-15,19H,10,16H2,1-9H3/t19-/m0/s1. The average molecular weight is 523 g/mol. The number of aryl methyl sites for hydroxylation is 2. The number of hydrogen-bond acceptors (Lipinski definition) is 4. The van der Waals surface area contributed by atoms with Gasteiger partial charge in [-0.3, -0.25) is 0 Å². The molecule has 3 aromatic rings. The van der Waals surface area contributed by atoms with E-state index >= 15 is 0 Å². The van der Waals surface area contributed by atoms with Crippen LogP contribution < -0.4 is 9.47 Å². The maximum absolute atomic E-state index is 12.7. The third-order valence-corrected chi connectivity index (χ3v) is 11.6. The Morgan fingerprint density at radius 3 is 2.28 bits per heavy atom. The number of aromatic nitrogens is 2. The molecule has 0 radical (unpaired) electrons. The first-order valence-corrected chi connectivity index (χ1v) is 15.1. The fraction of sp³-hybridized carbons (Fsp3) is 0.519. The highest BCUT2D eigenvalue weighted by atomic mass is 28.4. The van der Waals surface area contributed by atoms with Gasteiger partial charge in [-0.1, -0.05) is 27.7 Å². The van der Waals surface area contributed by atoms with E-state index in [1.807, 2.05) is 13.8 Å². The topological polar surface area (TPSA) is 45.5 Å². The van der Waals surface area contributed by atoms with Crippen LogP contribution >= 0.6 is 0 Å². The van der Waals surface area contributed by atoms with E-state index in [1.165, 1.54) is 19.2 Å². The van der Waals surface area contributed by atoms with Crippen molar-refractivity contribution in [2.75, 3.05) is 13.7 Å². The lowest BCUT2D eigenvalue weighted by Gasteiger charge is -2.37. The highest BCUT2D eigenvalue weighted by Gasteiger charge is 2.37. The van der Waals surface area contributed by atoms with E-state index in [9.17, 15) is 13.2 Å². The fourth-order valence-corrected chi connectivity index (χ4v) is 5.02. The molecule has 3 rings (SSSR count). The zero-order chi connectivity index (χ0) is 27.1. The molecule has 0 spiro atoms. The van der Waals surface area contributed by atoms with Crippen LogP contribution in [-0.2, 0) is 4.43 Å². The van der Waals surface area contributed by atoms with Crippen molar-refractivity contribution in [3.8, 4) is 22.8 Å². The normalized spacial score (nSPS) is 13.8. The zero-order valence-electron chi connectivity index (χ0n) is 22.6. The van der Waals surface area contributed by atoms with Crippen molar-refractivity contribution in [1.82, 2.24) is 9.55 Å². The third-order valence-electron chi connectivity index (χ3n) is 7.15. The second kappa shape index (κ2) is 10.1. The van der Waals surface area contributed by atoms with Crippen molar-refractivity contribution in [3.05, 3.63) is 41.6 Å². The zero-order valence-corrected chi connectivity index (χ0v) is 23.6. The van der Waals surface area contributed by atoms with Crippen LogP contribution in [0.5, 0.6) is 11.5 Å². The molecule has 1 atom stereocenters. The van der Waals surface area contributed by atoms with Crippen molar-refractivity contribution < 1.29 is 27.1 Å². The molecule has 2 aromatic heterocycles. The van der Waals surface area contributed by atoms with Gasteiger partial charge in [0.2, 0.25) is 0 Å². The number of benzene rings is 1. The van der Waals surface area contributed by atoms with Gasteiger partial charge in [-0.15, -0.1) is 13.2 Å². The number of halogens is 3. The van der Waals surface area contributed by atoms with E-state index in [-0.39, 0.29) is 22.6 Å². The van der Waals surface area contributed by atoms with Gasteiger partial charge in [-0.25, -0.2) is 4.98 Å². The Hall–Kier alpha value is -2.52. The lowest BCUT2D eigenvalue weighted by molar-refractivity contribution is -0.274. The van der Waals surface area contributed by atoms with Crippen molar-refractivity contribution in [2.24, 2.45) is 0 Å². The van der Waals surface area contributed by atoms with Gasteiger partial charge in [-0.05, 0) is 67.7 Å². The van der Waals surface area contributed by atoms with Crippen LogP contribution in [0, 0.1) is 13.8 Å². The van der Waals surface area contributed by atoms with Gasteiger partial charge in [0.05, 0.1) is 36.5 Å². The summed E-state index contributed by atoms with van der Waals surface area (Å²) in [6.45, 7) is 18.0. The Bertz CT molecular complexity index is 1230. The van der Waals surface area contributed by atoms with Gasteiger partial charge in [0.25, 0.3) is 0 Å². The van der Waals surface area contributed by atoms with Crippen molar-refractivity contribution in [1.29, 1.82) is 0 Å². The summed E-state index contributed by atoms with van der Waals surface area (Å²) < 4.78 is 56.3. The van der Waals surface area contributed by atoms with Crippen LogP contribution in [0.2, 0.25) is 18.1 Å². The third kappa shape index (κ3) is 5.89. The highest BCUT2D eigenvalue weighted by Crippen LogP contribution is 2.39. The molecule has 0 bridgehead atoms. The van der Waals surface area contributed by atoms with Crippen LogP contribution in [-0.4, -0.2) is 37.9 Å². The SMILES string of the molecule is CC[C@@H](CO[Si](C)(C)C(C)(C)C)n1cc(C)c2nc(-c3ccc(OC(F)(F)F)cc3OC)c(C)cc21. The first kappa shape index (κ1) is 28.1. The number of hydrogen-bond donors (Lipinski definition) is 0. The molecule has 1 aromatic carbocycles. The van der Waals surface area contributed by atoms with Crippen LogP contribution in [0.4, 0.5) is 13.2 Å². The molecule has 0 saturated heterocycles. The first-order valence-electron chi connectivity index (χ1n) is 12.1. The Labute approximate surface area is 212 Å². The molecule has 0 aliphatic heterocycles. The molecule has 5 nitrogen and oxygen atoms in total. The van der Waals surface area contributed by atoms with Gasteiger partial charge in [0, 0.05) is 17.8 Å². The minimum atomic E-state index is -4.77. The molecule has 0 N–H and O–H groups in total. The number of ether oxygens (including phenoxy) is 2. The monoisotopic (exact) mass is 522 g/mol. The molecular weight excluding hydrogens is 485 g/mol. The van der Waals surface area contributed by atoms with Gasteiger partial charge in [0.1, 0.15) is 11.5 Å². The van der Waals surface area contributed by atoms with Crippen molar-refractivity contribution in [3.63, 3.8) is 0 Å². The van der Waals surface area contributed by atoms with E-state index in [0.29, 0.717) is 17.9 Å². The van der Waals surface area contributed by atoms with E-state index in [4.69, 9.17) is 14.1 Å². The maximum Gasteiger partial charge on any atom is 0.573 e. The number of pyridine rings is 1. The van der Waals surface area contributed by atoms with Gasteiger partial charge >= 0.3 is 6.36 Å². The molecule has 0 fully saturated rings. The van der Waals surface area contributed by atoms with Crippen molar-refractivity contribution in [2.45, 2.75) is 78.5 Å². The Morgan fingerprint density at radius 2 is 1.72 bits per heavy atom. The summed E-state index contributed by atoms with van der Waals surface area (Å²) >= 11 is 0. The van der Waals surface area contributed by atoms with Gasteiger partial charge in [0.15, 0.2) is 8.32 Å². The number of fused-ring (bicyclic) bond motifs is 1. The fourth-order valence-electron chi connectivity index (χ4n) is 3.98. The molecule has 198 valence electrons. The van der Waals surface area contributed by atoms with Crippen LogP contribution in [0.15, 0.2) is 30.5 Å². The second-order valence-corrected chi connectivity index (χ2v) is 15.6. The minimum absolute atomic E-state index is 0.132. The van der Waals surface area contributed by atoms with E-state index in [2.05, 4.69) is 62.4 Å². The molecule has 0 unspecified atom stereocenters. The number of alkyl halides is 3. The number of nitrogens with zero attached hydrogens (tertiary/aromatic N) is 2. The molecular formula is C27H37F3N2O3Si. The number of rotatable bonds is 8. The molecule has 0 aliphatic carbocycles. The lowest BCUT2D eigenvalue weighted by atomic mass is 10.0. The summed E-state index contributed by atoms with van der Waals surface area (Å²) in [6, 6.07) is 6.31. The van der Waals surface area contributed by atoms with E-state index in [1.54, 1.807) is 6.07 Å². The summed E-state index contributed by atoms with van der Waals surface area (Å²) in [4.78, 5) is 4.95. The molecule has 9 heteroatoms. The largest absolute Gasteiger partial charge is 0.573 e. The summed E-state index contributed by atoms with van der Waals surface area (Å²) in [5, 5.41) is 0.132. The quantitative estimate of drug-likeness (QED) is 0.280. The van der Waals surface area contributed by atoms with Gasteiger partial charge < -0.3 is 18.5 Å². The first-order chi connectivity index (χ1) is 16.6. The van der Waals surface area contributed by atoms with Gasteiger partial charge in [-0.2, -0.15) is 0 Å². The van der Waals surface area contributed by atoms with Crippen LogP contribution in [0.3, 0.4) is 0 Å². The second-order valence-electron chi connectivity index (χ2n) is 10.8. The molecule has 36 heavy (non-hydrogen) atoms. The molecule has 0 amide bonds. The van der Waals surface area contributed by atoms with E-state index in [0.717, 1.165) is 28.6 Å². The van der Waals surface area contributed by atoms with Crippen LogP contribution in [0.25, 0.3) is 22.3 Å². The summed E-state index contributed by atoms with van der Waals surface area (Å²) in [5.41, 5.74) is 5.03. The predicted octanol–water partition coefficient (Wildman–Crippen LogP) is 8.20. The van der Waals surface area contributed by atoms with Crippen LogP contribution in [0.1, 0.15) is 51.3 Å². The molecule has 2 heterocycles. The Kier molecular flexibility index (Phi) is 7.86. The average Bonchev–Trinajstić information content (AvgIpc) is 3.07. The van der Waals surface area contributed by atoms with Crippen molar-refractivity contribution >= 4 is 19.4 Å². The Balaban J connectivity index is 2.01. The highest BCUT2D eigenvalue weighted by molar-refractivity contribution is 6.74.